The molecule has 4 aromatic heterocycles. The molecule has 0 atom stereocenters. The normalized spacial score (nSPS) is 12.5. The van der Waals surface area contributed by atoms with E-state index in [-0.39, 0.29) is 19.9 Å². The van der Waals surface area contributed by atoms with Gasteiger partial charge in [-0.3, -0.25) is 0 Å². The van der Waals surface area contributed by atoms with Crippen LogP contribution in [0.25, 0.3) is 40.3 Å². The number of aromatic hydroxyl groups is 2. The zero-order valence-electron chi connectivity index (χ0n) is 49.6. The summed E-state index contributed by atoms with van der Waals surface area (Å²) in [4.78, 5) is 15.8. The number of phenols is 2. The first-order valence-corrected chi connectivity index (χ1v) is 58.7. The van der Waals surface area contributed by atoms with E-state index in [1.54, 1.807) is 5.79 Å². The Labute approximate surface area is 486 Å². The summed E-state index contributed by atoms with van der Waals surface area (Å²) in [5, 5.41) is 28.0. The molecule has 75 heavy (non-hydrogen) atoms. The number of thiophene rings is 4. The van der Waals surface area contributed by atoms with Crippen LogP contribution in [0.3, 0.4) is 0 Å². The molecule has 13 heteroatoms. The van der Waals surface area contributed by atoms with Crippen molar-refractivity contribution in [1.29, 1.82) is 0 Å². The minimum atomic E-state index is -2.48. The molecule has 0 spiro atoms. The van der Waals surface area contributed by atoms with E-state index in [1.165, 1.54) is 245 Å². The molecular weight excluding hydrogens is 1240 g/mol. The minimum absolute atomic E-state index is 0. The molecule has 0 aliphatic heterocycles. The molecule has 0 aliphatic carbocycles. The smallest absolute Gasteiger partial charge is 0.142 e. The maximum atomic E-state index is 9.92. The Morgan fingerprint density at radius 3 is 0.893 bits per heavy atom. The Morgan fingerprint density at radius 1 is 0.387 bits per heavy atom. The molecule has 0 saturated heterocycles. The molecule has 0 bridgehead atoms. The van der Waals surface area contributed by atoms with E-state index in [2.05, 4.69) is 106 Å². The third-order valence-electron chi connectivity index (χ3n) is 15.7. The van der Waals surface area contributed by atoms with Crippen LogP contribution in [0.2, 0.25) is 65.9 Å². The van der Waals surface area contributed by atoms with Crippen molar-refractivity contribution >= 4 is 153 Å². The molecule has 0 amide bonds. The summed E-state index contributed by atoms with van der Waals surface area (Å²) < 4.78 is 24.3. The van der Waals surface area contributed by atoms with E-state index in [9.17, 15) is 10.2 Å². The van der Waals surface area contributed by atoms with E-state index in [0.29, 0.717) is 0 Å². The largest absolute Gasteiger partial charge is 0.506 e. The first kappa shape index (κ1) is 67.1. The van der Waals surface area contributed by atoms with E-state index >= 15 is 0 Å². The van der Waals surface area contributed by atoms with Gasteiger partial charge >= 0.3 is 396 Å². The average Bonchev–Trinajstić information content (AvgIpc) is 4.22. The second kappa shape index (κ2) is 33.5. The van der Waals surface area contributed by atoms with Crippen LogP contribution in [0, 0.1) is 0 Å². The Kier molecular flexibility index (Phi) is 30.0. The SMILES string of the molecule is CCCCCC[Si](CCCCCC)(CCCCCC)Oc1c2c[c]([Sn]([CH3])([CH3])[CH3])sc2c(O[Si](CCCCCC)(CCCCCC)CCCCCC)c2c[c]([Sn]([CH3])([CH3])[CH3])sc12.Oc1c2ccsc2c(O)c2ccsc12.[B]. The number of phenolic OH excluding ortho intramolecular Hbond substituents is 2. The molecule has 3 radical (unpaired) electrons. The van der Waals surface area contributed by atoms with E-state index < -0.39 is 53.4 Å². The third kappa shape index (κ3) is 19.3. The van der Waals surface area contributed by atoms with Crippen LogP contribution in [-0.4, -0.2) is 72.0 Å². The fraction of sp³-hybridized carbons (Fsp3) is 0.677. The van der Waals surface area contributed by atoms with Crippen LogP contribution in [0.1, 0.15) is 196 Å². The van der Waals surface area contributed by atoms with Crippen molar-refractivity contribution in [3.05, 3.63) is 35.0 Å². The number of fused-ring (bicyclic) bond motifs is 4. The van der Waals surface area contributed by atoms with Crippen molar-refractivity contribution in [2.75, 3.05) is 0 Å². The molecule has 4 nitrogen and oxygen atoms in total. The van der Waals surface area contributed by atoms with Gasteiger partial charge in [0.25, 0.3) is 0 Å². The van der Waals surface area contributed by atoms with Gasteiger partial charge in [0.15, 0.2) is 0 Å². The molecule has 2 N–H and O–H groups in total. The van der Waals surface area contributed by atoms with Gasteiger partial charge in [-0.15, -0.1) is 22.7 Å². The second-order valence-electron chi connectivity index (χ2n) is 24.3. The van der Waals surface area contributed by atoms with E-state index in [4.69, 9.17) is 8.85 Å². The van der Waals surface area contributed by atoms with Gasteiger partial charge in [-0.1, -0.05) is 0 Å². The summed E-state index contributed by atoms with van der Waals surface area (Å²) >= 11 is 2.25. The van der Waals surface area contributed by atoms with Crippen molar-refractivity contribution in [3.8, 4) is 23.0 Å². The van der Waals surface area contributed by atoms with Gasteiger partial charge in [-0.25, -0.2) is 0 Å². The Balaban J connectivity index is 0.000000686. The summed E-state index contributed by atoms with van der Waals surface area (Å²) in [6, 6.07) is 17.1. The zero-order valence-corrected chi connectivity index (χ0v) is 60.6. The molecular formula is C62H104BO4S4Si2Sn2. The maximum Gasteiger partial charge on any atom is 0.142 e. The Morgan fingerprint density at radius 2 is 0.653 bits per heavy atom. The van der Waals surface area contributed by atoms with Crippen molar-refractivity contribution < 1.29 is 19.1 Å². The second-order valence-corrected chi connectivity index (χ2v) is 67.2. The summed E-state index contributed by atoms with van der Waals surface area (Å²) in [6.45, 7) is 14.2. The Bertz CT molecular complexity index is 2220. The average molecular weight is 1350 g/mol. The number of hydrogen-bond donors (Lipinski definition) is 2. The molecule has 419 valence electrons. The standard InChI is InChI=1S/C46H80O2S2Si2.C10H6O2S2.6CH3.B.2Sn/c1-7-13-19-25-35-51(36-26-20-14-8-2,37-27-21-15-9-3)47-43-41-31-33-50-46(41)44(42-32-34-49-45(42)43)48-52(38-28-22-16-10-4,39-29-23-17-11-5)40-30-24-18-12-6;11-7-5-1-3-13-9(5)8(12)6-2-4-14-10(6)7;;;;;;;;;/h31-32H,7-30,35-40H2,1-6H3;1-4,11-12H;6*1H3;;;. The van der Waals surface area contributed by atoms with Crippen LogP contribution in [-0.2, 0) is 0 Å². The first-order chi connectivity index (χ1) is 35.5. The van der Waals surface area contributed by atoms with Gasteiger partial charge in [0.05, 0.1) is 9.40 Å². The molecule has 6 aromatic rings. The summed E-state index contributed by atoms with van der Waals surface area (Å²) in [5.74, 6) is 3.21. The van der Waals surface area contributed by atoms with Gasteiger partial charge in [-0.05, 0) is 22.9 Å². The number of benzene rings is 2. The predicted molar refractivity (Wildman–Crippen MR) is 356 cm³/mol. The van der Waals surface area contributed by atoms with Crippen molar-refractivity contribution in [2.45, 2.75) is 262 Å². The minimum Gasteiger partial charge on any atom is -0.506 e. The van der Waals surface area contributed by atoms with E-state index in [1.807, 2.05) is 22.9 Å². The number of hydrogen-bond acceptors (Lipinski definition) is 8. The zero-order chi connectivity index (χ0) is 53.8. The van der Waals surface area contributed by atoms with Crippen LogP contribution in [0.15, 0.2) is 35.0 Å². The topological polar surface area (TPSA) is 58.9 Å². The van der Waals surface area contributed by atoms with E-state index in [0.717, 1.165) is 20.2 Å². The molecule has 0 aliphatic rings. The quantitative estimate of drug-likeness (QED) is 0.0234. The number of unbranched alkanes of at least 4 members (excludes halogenated alkanes) is 18. The summed E-state index contributed by atoms with van der Waals surface area (Å²) in [5.41, 5.74) is 0. The van der Waals surface area contributed by atoms with Crippen molar-refractivity contribution in [2.24, 2.45) is 0 Å². The van der Waals surface area contributed by atoms with Gasteiger partial charge in [0, 0.05) is 19.2 Å². The molecule has 2 aromatic carbocycles. The molecule has 6 rings (SSSR count). The summed E-state index contributed by atoms with van der Waals surface area (Å²) in [7, 11) is -4.24. The molecule has 0 unspecified atom stereocenters. The van der Waals surface area contributed by atoms with Gasteiger partial charge in [0.2, 0.25) is 0 Å². The third-order valence-corrected chi connectivity index (χ3v) is 47.5. The van der Waals surface area contributed by atoms with Crippen LogP contribution < -0.4 is 14.6 Å². The predicted octanol–water partition coefficient (Wildman–Crippen LogP) is 22.5. The van der Waals surface area contributed by atoms with Gasteiger partial charge in [-0.2, -0.15) is 0 Å². The number of rotatable bonds is 36. The fourth-order valence-electron chi connectivity index (χ4n) is 11.0. The van der Waals surface area contributed by atoms with Crippen LogP contribution in [0.5, 0.6) is 23.0 Å². The fourth-order valence-corrected chi connectivity index (χ4v) is 34.3. The van der Waals surface area contributed by atoms with Crippen LogP contribution >= 0.6 is 45.3 Å². The summed E-state index contributed by atoms with van der Waals surface area (Å²) in [6.07, 6.45) is 32.2. The first-order valence-electron chi connectivity index (χ1n) is 30.2. The molecule has 0 saturated carbocycles. The molecule has 4 heterocycles. The van der Waals surface area contributed by atoms with Crippen LogP contribution in [0.4, 0.5) is 0 Å². The Hall–Kier alpha value is -0.424. The van der Waals surface area contributed by atoms with Gasteiger partial charge < -0.3 is 10.2 Å². The maximum absolute atomic E-state index is 9.92. The molecule has 0 fully saturated rings. The van der Waals surface area contributed by atoms with Crippen molar-refractivity contribution in [3.63, 3.8) is 0 Å². The monoisotopic (exact) mass is 1350 g/mol. The van der Waals surface area contributed by atoms with Gasteiger partial charge in [0.1, 0.15) is 11.5 Å². The van der Waals surface area contributed by atoms with Crippen molar-refractivity contribution in [1.82, 2.24) is 0 Å².